The van der Waals surface area contributed by atoms with Gasteiger partial charge in [-0.15, -0.1) is 18.3 Å². The highest BCUT2D eigenvalue weighted by molar-refractivity contribution is 7.98. The van der Waals surface area contributed by atoms with Gasteiger partial charge in [-0.2, -0.15) is 0 Å². The first-order chi connectivity index (χ1) is 16.6. The van der Waals surface area contributed by atoms with E-state index in [1.807, 2.05) is 19.9 Å². The number of ether oxygens (including phenoxy) is 1. The number of nitrogens with zero attached hydrogens (tertiary/aromatic N) is 6. The summed E-state index contributed by atoms with van der Waals surface area (Å²) in [7, 11) is 0. The second-order valence-electron chi connectivity index (χ2n) is 8.56. The fraction of sp³-hybridized carbons (Fsp3) is 0.435. The second-order valence-corrected chi connectivity index (χ2v) is 9.50. The zero-order valence-electron chi connectivity index (χ0n) is 19.5. The number of carbonyl (C=O) groups excluding carboxylic acids is 1. The van der Waals surface area contributed by atoms with Crippen molar-refractivity contribution in [3.05, 3.63) is 53.1 Å². The van der Waals surface area contributed by atoms with Crippen LogP contribution < -0.4 is 4.74 Å². The molecule has 1 aromatic carbocycles. The van der Waals surface area contributed by atoms with E-state index in [1.165, 1.54) is 40.7 Å². The number of halogens is 3. The molecule has 3 aromatic rings. The van der Waals surface area contributed by atoms with Crippen LogP contribution in [0.3, 0.4) is 0 Å². The lowest BCUT2D eigenvalue weighted by atomic mass is 10.00. The van der Waals surface area contributed by atoms with Crippen molar-refractivity contribution in [2.24, 2.45) is 5.92 Å². The molecule has 12 heteroatoms. The first kappa shape index (κ1) is 25.0. The number of rotatable bonds is 6. The number of piperidine rings is 1. The van der Waals surface area contributed by atoms with Gasteiger partial charge in [0.05, 0.1) is 11.4 Å². The van der Waals surface area contributed by atoms with E-state index in [4.69, 9.17) is 0 Å². The van der Waals surface area contributed by atoms with Crippen LogP contribution >= 0.6 is 11.8 Å². The highest BCUT2D eigenvalue weighted by atomic mass is 32.2. The minimum Gasteiger partial charge on any atom is -0.406 e. The van der Waals surface area contributed by atoms with Crippen LogP contribution in [0.2, 0.25) is 0 Å². The van der Waals surface area contributed by atoms with Crippen LogP contribution in [0.5, 0.6) is 5.75 Å². The van der Waals surface area contributed by atoms with E-state index < -0.39 is 6.36 Å². The molecular formula is C23H25F3N6O2S. The average molecular weight is 507 g/mol. The summed E-state index contributed by atoms with van der Waals surface area (Å²) in [4.78, 5) is 24.0. The van der Waals surface area contributed by atoms with Gasteiger partial charge in [0.1, 0.15) is 5.75 Å². The normalized spacial score (nSPS) is 16.4. The Morgan fingerprint density at radius 2 is 1.86 bits per heavy atom. The summed E-state index contributed by atoms with van der Waals surface area (Å²) in [5, 5.41) is 8.90. The Morgan fingerprint density at radius 3 is 2.49 bits per heavy atom. The zero-order chi connectivity index (χ0) is 25.2. The number of hydrogen-bond donors (Lipinski definition) is 0. The van der Waals surface area contributed by atoms with E-state index in [2.05, 4.69) is 31.9 Å². The number of alkyl halides is 3. The fourth-order valence-electron chi connectivity index (χ4n) is 4.01. The Kier molecular flexibility index (Phi) is 7.29. The van der Waals surface area contributed by atoms with Crippen molar-refractivity contribution in [2.75, 3.05) is 13.1 Å². The molecule has 186 valence electrons. The van der Waals surface area contributed by atoms with Gasteiger partial charge in [0.25, 0.3) is 5.91 Å². The Hall–Kier alpha value is -3.15. The minimum atomic E-state index is -4.78. The quantitative estimate of drug-likeness (QED) is 0.353. The van der Waals surface area contributed by atoms with Gasteiger partial charge < -0.3 is 9.64 Å². The third-order valence-electron chi connectivity index (χ3n) is 5.52. The summed E-state index contributed by atoms with van der Waals surface area (Å²) in [5.74, 6) is 0.128. The number of aromatic nitrogens is 5. The third kappa shape index (κ3) is 6.30. The molecule has 8 nitrogen and oxygen atoms in total. The van der Waals surface area contributed by atoms with Crippen molar-refractivity contribution in [3.63, 3.8) is 0 Å². The predicted molar refractivity (Wildman–Crippen MR) is 123 cm³/mol. The molecular weight excluding hydrogens is 481 g/mol. The van der Waals surface area contributed by atoms with E-state index in [-0.39, 0.29) is 17.4 Å². The van der Waals surface area contributed by atoms with Crippen molar-refractivity contribution in [2.45, 2.75) is 50.9 Å². The second kappa shape index (κ2) is 10.2. The highest BCUT2D eigenvalue weighted by Crippen LogP contribution is 2.28. The average Bonchev–Trinajstić information content (AvgIpc) is 3.20. The lowest BCUT2D eigenvalue weighted by Crippen LogP contribution is -2.39. The number of carbonyl (C=O) groups is 1. The van der Waals surface area contributed by atoms with Crippen molar-refractivity contribution < 1.29 is 22.7 Å². The standard InChI is InChI=1S/C23H25F3N6O2S/c1-14-5-4-10-31(12-14)21(33)20-19(13-35-22-27-15(2)11-16(3)28-22)32(30-29-20)17-6-8-18(9-7-17)34-23(24,25)26/h6-9,11,14H,4-5,10,12-13H2,1-3H3. The summed E-state index contributed by atoms with van der Waals surface area (Å²) in [6.07, 6.45) is -2.80. The topological polar surface area (TPSA) is 86.0 Å². The molecule has 1 unspecified atom stereocenters. The largest absolute Gasteiger partial charge is 0.573 e. The maximum absolute atomic E-state index is 13.4. The first-order valence-corrected chi connectivity index (χ1v) is 12.1. The van der Waals surface area contributed by atoms with Crippen molar-refractivity contribution in [1.82, 2.24) is 29.9 Å². The maximum Gasteiger partial charge on any atom is 0.573 e. The Morgan fingerprint density at radius 1 is 1.17 bits per heavy atom. The van der Waals surface area contributed by atoms with Gasteiger partial charge in [0, 0.05) is 30.2 Å². The monoisotopic (exact) mass is 506 g/mol. The van der Waals surface area contributed by atoms with Gasteiger partial charge in [-0.3, -0.25) is 4.79 Å². The van der Waals surface area contributed by atoms with Gasteiger partial charge in [-0.05, 0) is 62.9 Å². The molecule has 1 atom stereocenters. The van der Waals surface area contributed by atoms with Crippen LogP contribution in [0.25, 0.3) is 5.69 Å². The molecule has 1 aliphatic heterocycles. The lowest BCUT2D eigenvalue weighted by Gasteiger charge is -2.30. The minimum absolute atomic E-state index is 0.211. The van der Waals surface area contributed by atoms with Crippen molar-refractivity contribution >= 4 is 17.7 Å². The molecule has 0 spiro atoms. The van der Waals surface area contributed by atoms with Gasteiger partial charge in [-0.1, -0.05) is 23.9 Å². The molecule has 35 heavy (non-hydrogen) atoms. The highest BCUT2D eigenvalue weighted by Gasteiger charge is 2.31. The smallest absolute Gasteiger partial charge is 0.406 e. The summed E-state index contributed by atoms with van der Waals surface area (Å²) in [6, 6.07) is 7.14. The zero-order valence-corrected chi connectivity index (χ0v) is 20.4. The molecule has 1 amide bonds. The summed E-state index contributed by atoms with van der Waals surface area (Å²) >= 11 is 1.34. The molecule has 0 radical (unpaired) electrons. The molecule has 4 rings (SSSR count). The van der Waals surface area contributed by atoms with Crippen LogP contribution in [0.1, 0.15) is 47.3 Å². The van der Waals surface area contributed by atoms with Crippen molar-refractivity contribution in [1.29, 1.82) is 0 Å². The van der Waals surface area contributed by atoms with Crippen LogP contribution in [-0.2, 0) is 5.75 Å². The molecule has 0 aliphatic carbocycles. The summed E-state index contributed by atoms with van der Waals surface area (Å²) in [6.45, 7) is 7.15. The number of aryl methyl sites for hydroxylation is 2. The van der Waals surface area contributed by atoms with Crippen molar-refractivity contribution in [3.8, 4) is 11.4 Å². The van der Waals surface area contributed by atoms with Crippen LogP contribution in [0.15, 0.2) is 35.5 Å². The number of thioether (sulfide) groups is 1. The van der Waals surface area contributed by atoms with Gasteiger partial charge in [0.15, 0.2) is 10.9 Å². The number of benzene rings is 1. The summed E-state index contributed by atoms with van der Waals surface area (Å²) in [5.41, 5.74) is 2.84. The van der Waals surface area contributed by atoms with Gasteiger partial charge >= 0.3 is 6.36 Å². The lowest BCUT2D eigenvalue weighted by molar-refractivity contribution is -0.274. The van der Waals surface area contributed by atoms with E-state index in [0.717, 1.165) is 24.2 Å². The van der Waals surface area contributed by atoms with Crippen LogP contribution in [-0.4, -0.2) is 55.2 Å². The molecule has 1 aliphatic rings. The Bertz CT molecular complexity index is 1180. The molecule has 0 bridgehead atoms. The number of likely N-dealkylation sites (tertiary alicyclic amines) is 1. The van der Waals surface area contributed by atoms with E-state index in [9.17, 15) is 18.0 Å². The van der Waals surface area contributed by atoms with E-state index in [1.54, 1.807) is 4.90 Å². The van der Waals surface area contributed by atoms with E-state index in [0.29, 0.717) is 41.3 Å². The SMILES string of the molecule is Cc1cc(C)nc(SCc2c(C(=O)N3CCCC(C)C3)nnn2-c2ccc(OC(F)(F)F)cc2)n1. The number of hydrogen-bond acceptors (Lipinski definition) is 7. The Balaban J connectivity index is 1.66. The molecule has 1 fully saturated rings. The fourth-order valence-corrected chi connectivity index (χ4v) is 4.95. The first-order valence-electron chi connectivity index (χ1n) is 11.1. The Labute approximate surface area is 204 Å². The summed E-state index contributed by atoms with van der Waals surface area (Å²) < 4.78 is 43.0. The molecule has 3 heterocycles. The van der Waals surface area contributed by atoms with Crippen LogP contribution in [0, 0.1) is 19.8 Å². The molecule has 1 saturated heterocycles. The maximum atomic E-state index is 13.4. The number of amides is 1. The van der Waals surface area contributed by atoms with Gasteiger partial charge in [0.2, 0.25) is 0 Å². The molecule has 0 saturated carbocycles. The molecule has 0 N–H and O–H groups in total. The van der Waals surface area contributed by atoms with E-state index >= 15 is 0 Å². The van der Waals surface area contributed by atoms with Gasteiger partial charge in [-0.25, -0.2) is 14.6 Å². The molecule has 2 aromatic heterocycles. The third-order valence-corrected chi connectivity index (χ3v) is 6.38. The van der Waals surface area contributed by atoms with Crippen LogP contribution in [0.4, 0.5) is 13.2 Å². The predicted octanol–water partition coefficient (Wildman–Crippen LogP) is 4.74.